The summed E-state index contributed by atoms with van der Waals surface area (Å²) in [7, 11) is 0. The Balaban J connectivity index is 1.25. The van der Waals surface area contributed by atoms with E-state index in [9.17, 15) is 0 Å². The van der Waals surface area contributed by atoms with Crippen LogP contribution < -0.4 is 0 Å². The van der Waals surface area contributed by atoms with Crippen LogP contribution in [-0.2, 0) is 0 Å². The zero-order chi connectivity index (χ0) is 26.0. The number of hydrogen-bond acceptors (Lipinski definition) is 0. The van der Waals surface area contributed by atoms with Gasteiger partial charge in [-0.2, -0.15) is 0 Å². The van der Waals surface area contributed by atoms with Crippen molar-refractivity contribution in [3.05, 3.63) is 59.2 Å². The highest BCUT2D eigenvalue weighted by atomic mass is 19.2. The summed E-state index contributed by atoms with van der Waals surface area (Å²) in [5.74, 6) is 2.00. The number of allylic oxidation sites excluding steroid dienone is 4. The first-order valence-electron chi connectivity index (χ1n) is 15.9. The van der Waals surface area contributed by atoms with Crippen molar-refractivity contribution in [2.45, 2.75) is 135 Å². The third-order valence-corrected chi connectivity index (χ3v) is 9.92. The SMILES string of the molecule is CCCCCC1C=CC(C=CC2CCC(c3ccc(C4CCC(CCCC)CC4)c(F)c3F)CC2)CC1. The lowest BCUT2D eigenvalue weighted by Crippen LogP contribution is -2.17. The standard InChI is InChI=1S/C35H52F2/c1-3-5-7-9-27-10-12-28(13-11-27)14-15-29-18-22-31(23-19-29)33-25-24-32(34(36)35(33)37)30-20-16-26(17-21-30)8-6-4-2/h10,12,14-15,24-31H,3-9,11,13,16-23H2,1-2H3. The van der Waals surface area contributed by atoms with Crippen molar-refractivity contribution in [2.75, 3.05) is 0 Å². The zero-order valence-corrected chi connectivity index (χ0v) is 23.7. The molecule has 0 aliphatic heterocycles. The summed E-state index contributed by atoms with van der Waals surface area (Å²) >= 11 is 0. The molecule has 0 N–H and O–H groups in total. The molecule has 37 heavy (non-hydrogen) atoms. The van der Waals surface area contributed by atoms with Gasteiger partial charge in [-0.05, 0) is 117 Å². The highest BCUT2D eigenvalue weighted by molar-refractivity contribution is 5.32. The molecule has 2 saturated carbocycles. The van der Waals surface area contributed by atoms with E-state index >= 15 is 8.78 Å². The summed E-state index contributed by atoms with van der Waals surface area (Å²) < 4.78 is 30.5. The van der Waals surface area contributed by atoms with Gasteiger partial charge in [0.2, 0.25) is 0 Å². The Kier molecular flexibility index (Phi) is 11.3. The third kappa shape index (κ3) is 8.03. The average Bonchev–Trinajstić information content (AvgIpc) is 2.94. The summed E-state index contributed by atoms with van der Waals surface area (Å²) in [6.07, 6.45) is 30.0. The first-order valence-corrected chi connectivity index (χ1v) is 15.9. The molecule has 0 heterocycles. The van der Waals surface area contributed by atoms with Gasteiger partial charge in [0.1, 0.15) is 0 Å². The molecular weight excluding hydrogens is 458 g/mol. The molecule has 0 bridgehead atoms. The summed E-state index contributed by atoms with van der Waals surface area (Å²) in [6, 6.07) is 3.86. The van der Waals surface area contributed by atoms with Crippen LogP contribution in [-0.4, -0.2) is 0 Å². The number of benzene rings is 1. The van der Waals surface area contributed by atoms with Gasteiger partial charge >= 0.3 is 0 Å². The van der Waals surface area contributed by atoms with Gasteiger partial charge in [-0.25, -0.2) is 8.78 Å². The minimum atomic E-state index is -0.551. The average molecular weight is 511 g/mol. The van der Waals surface area contributed by atoms with Crippen molar-refractivity contribution in [2.24, 2.45) is 23.7 Å². The van der Waals surface area contributed by atoms with Crippen LogP contribution >= 0.6 is 0 Å². The fourth-order valence-electron chi connectivity index (χ4n) is 7.34. The van der Waals surface area contributed by atoms with Crippen LogP contribution in [0.1, 0.15) is 146 Å². The first kappa shape index (κ1) is 28.6. The summed E-state index contributed by atoms with van der Waals surface area (Å²) in [5, 5.41) is 0. The highest BCUT2D eigenvalue weighted by Gasteiger charge is 2.29. The summed E-state index contributed by atoms with van der Waals surface area (Å²) in [5.41, 5.74) is 1.27. The molecule has 0 spiro atoms. The van der Waals surface area contributed by atoms with E-state index in [1.54, 1.807) is 0 Å². The molecule has 206 valence electrons. The van der Waals surface area contributed by atoms with Gasteiger partial charge in [-0.1, -0.05) is 88.8 Å². The Morgan fingerprint density at radius 1 is 0.649 bits per heavy atom. The van der Waals surface area contributed by atoms with Crippen molar-refractivity contribution in [1.29, 1.82) is 0 Å². The molecule has 0 saturated heterocycles. The van der Waals surface area contributed by atoms with Crippen LogP contribution in [0.2, 0.25) is 0 Å². The van der Waals surface area contributed by atoms with Crippen molar-refractivity contribution < 1.29 is 8.78 Å². The largest absolute Gasteiger partial charge is 0.203 e. The molecule has 3 aliphatic carbocycles. The topological polar surface area (TPSA) is 0 Å². The third-order valence-electron chi connectivity index (χ3n) is 9.92. The van der Waals surface area contributed by atoms with Crippen LogP contribution in [0.3, 0.4) is 0 Å². The number of hydrogen-bond donors (Lipinski definition) is 0. The lowest BCUT2D eigenvalue weighted by atomic mass is 9.75. The van der Waals surface area contributed by atoms with Gasteiger partial charge in [0.15, 0.2) is 11.6 Å². The van der Waals surface area contributed by atoms with Gasteiger partial charge in [0, 0.05) is 0 Å². The van der Waals surface area contributed by atoms with E-state index in [4.69, 9.17) is 0 Å². The van der Waals surface area contributed by atoms with Crippen LogP contribution in [0.25, 0.3) is 0 Å². The first-order chi connectivity index (χ1) is 18.1. The zero-order valence-electron chi connectivity index (χ0n) is 23.7. The minimum Gasteiger partial charge on any atom is -0.203 e. The Bertz CT molecular complexity index is 867. The minimum absolute atomic E-state index is 0.163. The Hall–Kier alpha value is -1.44. The van der Waals surface area contributed by atoms with Gasteiger partial charge in [-0.3, -0.25) is 0 Å². The molecule has 0 amide bonds. The molecule has 4 rings (SSSR count). The summed E-state index contributed by atoms with van der Waals surface area (Å²) in [6.45, 7) is 4.52. The maximum absolute atomic E-state index is 15.3. The van der Waals surface area contributed by atoms with Gasteiger partial charge < -0.3 is 0 Å². The number of rotatable bonds is 11. The number of unbranched alkanes of at least 4 members (excludes halogenated alkanes) is 3. The second kappa shape index (κ2) is 14.6. The second-order valence-electron chi connectivity index (χ2n) is 12.6. The van der Waals surface area contributed by atoms with E-state index in [-0.39, 0.29) is 11.8 Å². The van der Waals surface area contributed by atoms with Crippen LogP contribution in [0, 0.1) is 35.3 Å². The molecule has 2 atom stereocenters. The quantitative estimate of drug-likeness (QED) is 0.205. The molecule has 0 radical (unpaired) electrons. The van der Waals surface area contributed by atoms with Crippen LogP contribution in [0.15, 0.2) is 36.4 Å². The molecular formula is C35H52F2. The van der Waals surface area contributed by atoms with Gasteiger partial charge in [-0.15, -0.1) is 0 Å². The van der Waals surface area contributed by atoms with E-state index in [1.807, 2.05) is 12.1 Å². The second-order valence-corrected chi connectivity index (χ2v) is 12.6. The summed E-state index contributed by atoms with van der Waals surface area (Å²) in [4.78, 5) is 0. The van der Waals surface area contributed by atoms with Crippen LogP contribution in [0.5, 0.6) is 0 Å². The maximum atomic E-state index is 15.3. The van der Waals surface area contributed by atoms with Crippen molar-refractivity contribution in [3.8, 4) is 0 Å². The predicted octanol–water partition coefficient (Wildman–Crippen LogP) is 11.4. The lowest BCUT2D eigenvalue weighted by Gasteiger charge is -2.30. The normalized spacial score (nSPS) is 30.7. The fraction of sp³-hybridized carbons (Fsp3) is 0.714. The lowest BCUT2D eigenvalue weighted by molar-refractivity contribution is 0.298. The maximum Gasteiger partial charge on any atom is 0.162 e. The molecule has 1 aromatic rings. The highest BCUT2D eigenvalue weighted by Crippen LogP contribution is 2.42. The van der Waals surface area contributed by atoms with Crippen molar-refractivity contribution in [1.82, 2.24) is 0 Å². The van der Waals surface area contributed by atoms with Crippen LogP contribution in [0.4, 0.5) is 8.78 Å². The van der Waals surface area contributed by atoms with E-state index < -0.39 is 11.6 Å². The van der Waals surface area contributed by atoms with Crippen molar-refractivity contribution in [3.63, 3.8) is 0 Å². The predicted molar refractivity (Wildman–Crippen MR) is 154 cm³/mol. The molecule has 2 fully saturated rings. The van der Waals surface area contributed by atoms with E-state index in [0.717, 1.165) is 50.4 Å². The monoisotopic (exact) mass is 510 g/mol. The molecule has 2 unspecified atom stereocenters. The Morgan fingerprint density at radius 2 is 1.27 bits per heavy atom. The molecule has 2 heteroatoms. The molecule has 0 nitrogen and oxygen atoms in total. The molecule has 0 aromatic heterocycles. The molecule has 1 aromatic carbocycles. The smallest absolute Gasteiger partial charge is 0.162 e. The van der Waals surface area contributed by atoms with Crippen molar-refractivity contribution >= 4 is 0 Å². The van der Waals surface area contributed by atoms with E-state index in [1.165, 1.54) is 70.6 Å². The van der Waals surface area contributed by atoms with Gasteiger partial charge in [0.25, 0.3) is 0 Å². The number of halogens is 2. The fourth-order valence-corrected chi connectivity index (χ4v) is 7.34. The van der Waals surface area contributed by atoms with Gasteiger partial charge in [0.05, 0.1) is 0 Å². The van der Waals surface area contributed by atoms with E-state index in [0.29, 0.717) is 23.0 Å². The van der Waals surface area contributed by atoms with E-state index in [2.05, 4.69) is 38.2 Å². The molecule has 3 aliphatic rings. The Morgan fingerprint density at radius 3 is 1.84 bits per heavy atom. The Labute approximate surface area is 226 Å².